The van der Waals surface area contributed by atoms with E-state index in [4.69, 9.17) is 0 Å². The molecule has 5 nitrogen and oxygen atoms in total. The van der Waals surface area contributed by atoms with E-state index < -0.39 is 12.1 Å². The normalized spacial score (nSPS) is 12.6. The molecular weight excluding hydrogens is 576 g/mol. The number of pyridine rings is 1. The Bertz CT molecular complexity index is 677. The number of hydrogen-bond acceptors (Lipinski definition) is 3. The molecule has 1 heterocycles. The summed E-state index contributed by atoms with van der Waals surface area (Å²) in [4.78, 5) is 12.3. The first-order valence-electron chi connectivity index (χ1n) is 17.2. The zero-order valence-electron chi connectivity index (χ0n) is 26.6. The van der Waals surface area contributed by atoms with E-state index in [1.165, 1.54) is 116 Å². The van der Waals surface area contributed by atoms with Crippen LogP contribution >= 0.6 is 0 Å². The van der Waals surface area contributed by atoms with Crippen LogP contribution in [0, 0.1) is 0 Å². The summed E-state index contributed by atoms with van der Waals surface area (Å²) in [5.41, 5.74) is 0. The van der Waals surface area contributed by atoms with E-state index >= 15 is 0 Å². The van der Waals surface area contributed by atoms with Gasteiger partial charge in [-0.25, -0.2) is 4.57 Å². The summed E-state index contributed by atoms with van der Waals surface area (Å²) in [5, 5.41) is 23.0. The van der Waals surface area contributed by atoms with E-state index in [1.54, 1.807) is 0 Å². The van der Waals surface area contributed by atoms with Crippen LogP contribution in [0.4, 0.5) is 0 Å². The molecule has 1 aromatic rings. The molecule has 1 aromatic heterocycles. The lowest BCUT2D eigenvalue weighted by molar-refractivity contribution is -0.697. The Hall–Kier alpha value is -0.980. The molecule has 0 aliphatic heterocycles. The third kappa shape index (κ3) is 25.3. The number of carbonyl (C=O) groups excluding carboxylic acids is 1. The smallest absolute Gasteiger partial charge is 0.220 e. The van der Waals surface area contributed by atoms with E-state index in [0.29, 0.717) is 12.8 Å². The molecule has 0 saturated carbocycles. The highest BCUT2D eigenvalue weighted by atomic mass is 79.9. The predicted octanol–water partition coefficient (Wildman–Crippen LogP) is 5.20. The highest BCUT2D eigenvalue weighted by Crippen LogP contribution is 2.15. The number of aliphatic hydroxyl groups excluding tert-OH is 2. The SMILES string of the molecule is CCCCCCCCCCCCCCC[C@H](O)[C@H](CO)NC(=O)CCCCCCCCCCC[n+]1ccccc1.[Br-]. The number of nitrogens with one attached hydrogen (secondary N) is 1. The third-order valence-electron chi connectivity index (χ3n) is 8.21. The van der Waals surface area contributed by atoms with Gasteiger partial charge in [-0.15, -0.1) is 0 Å². The summed E-state index contributed by atoms with van der Waals surface area (Å²) in [7, 11) is 0. The van der Waals surface area contributed by atoms with Crippen molar-refractivity contribution in [1.82, 2.24) is 5.32 Å². The molecule has 0 spiro atoms. The van der Waals surface area contributed by atoms with Crippen molar-refractivity contribution in [3.05, 3.63) is 30.6 Å². The number of halogens is 1. The minimum atomic E-state index is -0.659. The largest absolute Gasteiger partial charge is 1.00 e. The summed E-state index contributed by atoms with van der Waals surface area (Å²) in [6, 6.07) is 5.69. The Balaban J connectivity index is 0.0000160. The van der Waals surface area contributed by atoms with E-state index in [9.17, 15) is 15.0 Å². The molecule has 0 unspecified atom stereocenters. The highest BCUT2D eigenvalue weighted by molar-refractivity contribution is 5.76. The first-order chi connectivity index (χ1) is 19.7. The number of amides is 1. The molecule has 2 atom stereocenters. The molecule has 0 bridgehead atoms. The fraction of sp³-hybridized carbons (Fsp3) is 0.829. The topological polar surface area (TPSA) is 73.4 Å². The Morgan fingerprint density at radius 2 is 1.10 bits per heavy atom. The summed E-state index contributed by atoms with van der Waals surface area (Å²) in [6.45, 7) is 3.18. The molecule has 0 fully saturated rings. The molecule has 1 amide bonds. The van der Waals surface area contributed by atoms with Crippen molar-refractivity contribution >= 4 is 5.91 Å². The van der Waals surface area contributed by atoms with Gasteiger partial charge in [0.15, 0.2) is 12.4 Å². The summed E-state index contributed by atoms with van der Waals surface area (Å²) < 4.78 is 2.25. The number of aliphatic hydroxyl groups is 2. The minimum absolute atomic E-state index is 0. The van der Waals surface area contributed by atoms with Crippen LogP contribution in [0.15, 0.2) is 30.6 Å². The molecule has 0 radical (unpaired) electrons. The molecule has 3 N–H and O–H groups in total. The Morgan fingerprint density at radius 3 is 1.59 bits per heavy atom. The van der Waals surface area contributed by atoms with E-state index in [1.807, 2.05) is 0 Å². The summed E-state index contributed by atoms with van der Waals surface area (Å²) in [6.07, 6.45) is 32.4. The number of hydrogen-bond donors (Lipinski definition) is 3. The second kappa shape index (κ2) is 30.5. The fourth-order valence-corrected chi connectivity index (χ4v) is 5.52. The lowest BCUT2D eigenvalue weighted by Gasteiger charge is -2.22. The molecule has 0 aliphatic rings. The summed E-state index contributed by atoms with van der Waals surface area (Å²) >= 11 is 0. The number of aryl methyl sites for hydroxylation is 1. The van der Waals surface area contributed by atoms with Crippen molar-refractivity contribution in [3.8, 4) is 0 Å². The van der Waals surface area contributed by atoms with Gasteiger partial charge in [-0.05, 0) is 19.3 Å². The molecule has 0 saturated heterocycles. The van der Waals surface area contributed by atoms with E-state index in [0.717, 1.165) is 32.2 Å². The zero-order valence-corrected chi connectivity index (χ0v) is 28.1. The summed E-state index contributed by atoms with van der Waals surface area (Å²) in [5.74, 6) is -0.0419. The van der Waals surface area contributed by atoms with Crippen LogP contribution in [-0.4, -0.2) is 34.9 Å². The van der Waals surface area contributed by atoms with Gasteiger partial charge in [0.2, 0.25) is 5.91 Å². The van der Waals surface area contributed by atoms with Crippen molar-refractivity contribution in [1.29, 1.82) is 0 Å². The van der Waals surface area contributed by atoms with Crippen LogP contribution in [0.25, 0.3) is 0 Å². The maximum Gasteiger partial charge on any atom is 0.220 e. The minimum Gasteiger partial charge on any atom is -1.00 e. The van der Waals surface area contributed by atoms with Crippen molar-refractivity contribution in [3.63, 3.8) is 0 Å². The van der Waals surface area contributed by atoms with Gasteiger partial charge >= 0.3 is 0 Å². The monoisotopic (exact) mass is 640 g/mol. The van der Waals surface area contributed by atoms with Gasteiger partial charge in [0.1, 0.15) is 6.54 Å². The fourth-order valence-electron chi connectivity index (χ4n) is 5.52. The van der Waals surface area contributed by atoms with Gasteiger partial charge in [-0.3, -0.25) is 4.79 Å². The first-order valence-corrected chi connectivity index (χ1v) is 17.2. The van der Waals surface area contributed by atoms with Crippen LogP contribution in [0.2, 0.25) is 0 Å². The Labute approximate surface area is 264 Å². The van der Waals surface area contributed by atoms with Gasteiger partial charge in [0.25, 0.3) is 0 Å². The van der Waals surface area contributed by atoms with Crippen molar-refractivity contribution in [2.24, 2.45) is 0 Å². The van der Waals surface area contributed by atoms with Crippen LogP contribution in [0.1, 0.15) is 161 Å². The first kappa shape index (κ1) is 40.0. The predicted molar refractivity (Wildman–Crippen MR) is 168 cm³/mol. The number of rotatable bonds is 29. The lowest BCUT2D eigenvalue weighted by atomic mass is 10.0. The highest BCUT2D eigenvalue weighted by Gasteiger charge is 2.19. The van der Waals surface area contributed by atoms with Gasteiger partial charge in [-0.1, -0.05) is 135 Å². The molecule has 0 aromatic carbocycles. The van der Waals surface area contributed by atoms with Gasteiger partial charge in [0.05, 0.1) is 18.8 Å². The maximum atomic E-state index is 12.3. The second-order valence-corrected chi connectivity index (χ2v) is 12.0. The molecule has 6 heteroatoms. The van der Waals surface area contributed by atoms with Gasteiger partial charge in [-0.2, -0.15) is 0 Å². The van der Waals surface area contributed by atoms with Crippen molar-refractivity contribution in [2.75, 3.05) is 6.61 Å². The van der Waals surface area contributed by atoms with Crippen molar-refractivity contribution in [2.45, 2.75) is 180 Å². The number of nitrogens with zero attached hydrogens (tertiary/aromatic N) is 1. The van der Waals surface area contributed by atoms with Crippen LogP contribution < -0.4 is 26.9 Å². The van der Waals surface area contributed by atoms with Gasteiger partial charge < -0.3 is 32.5 Å². The second-order valence-electron chi connectivity index (χ2n) is 12.0. The van der Waals surface area contributed by atoms with Gasteiger partial charge in [0, 0.05) is 25.0 Å². The number of unbranched alkanes of at least 4 members (excludes halogenated alkanes) is 20. The molecule has 240 valence electrons. The van der Waals surface area contributed by atoms with Crippen LogP contribution in [0.3, 0.4) is 0 Å². The molecular formula is C35H65BrN2O3. The third-order valence-corrected chi connectivity index (χ3v) is 8.21. The molecule has 1 rings (SSSR count). The number of carbonyl (C=O) groups is 1. The van der Waals surface area contributed by atoms with Crippen molar-refractivity contribution < 1.29 is 36.6 Å². The van der Waals surface area contributed by atoms with E-state index in [2.05, 4.69) is 47.4 Å². The quantitative estimate of drug-likeness (QED) is 0.0833. The average Bonchev–Trinajstić information content (AvgIpc) is 2.97. The molecule has 0 aliphatic carbocycles. The molecule has 41 heavy (non-hydrogen) atoms. The Kier molecular flexibility index (Phi) is 29.7. The van der Waals surface area contributed by atoms with E-state index in [-0.39, 0.29) is 29.5 Å². The Morgan fingerprint density at radius 1 is 0.659 bits per heavy atom. The van der Waals surface area contributed by atoms with Crippen LogP contribution in [-0.2, 0) is 11.3 Å². The standard InChI is InChI=1S/C35H64N2O3.BrH/c1-2-3-4-5-6-7-8-9-10-12-15-18-22-27-34(39)33(32-38)36-35(40)28-23-19-16-13-11-14-17-20-24-29-37-30-25-21-26-31-37;/h21,25-26,30-31,33-34,38-39H,2-20,22-24,27-29,32H2,1H3;1H/t33-,34-;/m0./s1. The average molecular weight is 642 g/mol. The lowest BCUT2D eigenvalue weighted by Crippen LogP contribution is -3.00. The van der Waals surface area contributed by atoms with Crippen LogP contribution in [0.5, 0.6) is 0 Å². The number of aromatic nitrogens is 1. The zero-order chi connectivity index (χ0) is 28.9. The maximum absolute atomic E-state index is 12.3.